The van der Waals surface area contributed by atoms with Crippen molar-refractivity contribution in [3.05, 3.63) is 11.6 Å². The van der Waals surface area contributed by atoms with Crippen molar-refractivity contribution in [2.24, 2.45) is 52.3 Å². The Morgan fingerprint density at radius 3 is 1.55 bits per heavy atom. The van der Waals surface area contributed by atoms with E-state index in [0.29, 0.717) is 36.0 Å². The van der Waals surface area contributed by atoms with Gasteiger partial charge in [0.1, 0.15) is 122 Å². The molecule has 0 spiro atoms. The second-order valence-electron chi connectivity index (χ2n) is 26.7. The lowest BCUT2D eigenvalue weighted by molar-refractivity contribution is -0.387. The van der Waals surface area contributed by atoms with Crippen LogP contribution in [0.4, 0.5) is 0 Å². The quantitative estimate of drug-likeness (QED) is 0.0484. The lowest BCUT2D eigenvalue weighted by Crippen LogP contribution is -2.66. The number of hydrogen-bond acceptors (Lipinski definition) is 27. The van der Waals surface area contributed by atoms with Gasteiger partial charge in [0, 0.05) is 0 Å². The Morgan fingerprint density at radius 1 is 0.471 bits per heavy atom. The van der Waals surface area contributed by atoms with Gasteiger partial charge in [-0.1, -0.05) is 59.1 Å². The van der Waals surface area contributed by atoms with Crippen LogP contribution in [0.1, 0.15) is 98.8 Å². The highest BCUT2D eigenvalue weighted by atomic mass is 16.8. The van der Waals surface area contributed by atoms with Gasteiger partial charge in [0.05, 0.1) is 45.7 Å². The summed E-state index contributed by atoms with van der Waals surface area (Å²) in [5.41, 5.74) is 1.53. The third-order valence-corrected chi connectivity index (χ3v) is 21.7. The minimum atomic E-state index is -2.03. The van der Waals surface area contributed by atoms with Crippen molar-refractivity contribution >= 4 is 0 Å². The molecule has 1 unspecified atom stereocenters. The highest BCUT2D eigenvalue weighted by molar-refractivity contribution is 5.25. The van der Waals surface area contributed by atoms with Crippen LogP contribution in [-0.4, -0.2) is 286 Å². The smallest absolute Gasteiger partial charge is 0.187 e. The Balaban J connectivity index is 0.820. The predicted molar refractivity (Wildman–Crippen MR) is 288 cm³/mol. The number of hydrogen-bond donors (Lipinski definition) is 17. The summed E-state index contributed by atoms with van der Waals surface area (Å²) < 4.78 is 58.8. The van der Waals surface area contributed by atoms with Crippen molar-refractivity contribution in [1.29, 1.82) is 0 Å². The largest absolute Gasteiger partial charge is 0.394 e. The lowest BCUT2D eigenvalue weighted by atomic mass is 9.47. The number of aliphatic hydroxyl groups excluding tert-OH is 17. The predicted octanol–water partition coefficient (Wildman–Crippen LogP) is -4.27. The van der Waals surface area contributed by atoms with Crippen LogP contribution in [0, 0.1) is 52.3 Å². The third kappa shape index (κ3) is 13.5. The van der Waals surface area contributed by atoms with Gasteiger partial charge in [0.15, 0.2) is 31.5 Å². The molecule has 0 aromatic heterocycles. The highest BCUT2D eigenvalue weighted by Gasteiger charge is 2.60. The highest BCUT2D eigenvalue weighted by Crippen LogP contribution is 2.67. The normalized spacial score (nSPS) is 51.4. The van der Waals surface area contributed by atoms with Crippen LogP contribution in [0.25, 0.3) is 0 Å². The first kappa shape index (κ1) is 68.0. The average molecular weight is 1230 g/mol. The molecular weight excluding hydrogens is 1130 g/mol. The van der Waals surface area contributed by atoms with Gasteiger partial charge in [-0.15, -0.1) is 0 Å². The molecule has 0 bridgehead atoms. The lowest BCUT2D eigenvalue weighted by Gasteiger charge is -2.58. The molecule has 0 aromatic rings. The van der Waals surface area contributed by atoms with Crippen LogP contribution in [0.3, 0.4) is 0 Å². The average Bonchev–Trinajstić information content (AvgIpc) is 1.90. The van der Waals surface area contributed by atoms with Crippen molar-refractivity contribution < 1.29 is 134 Å². The van der Waals surface area contributed by atoms with Crippen LogP contribution >= 0.6 is 0 Å². The van der Waals surface area contributed by atoms with Crippen LogP contribution < -0.4 is 0 Å². The fourth-order valence-corrected chi connectivity index (χ4v) is 16.1. The molecule has 85 heavy (non-hydrogen) atoms. The van der Waals surface area contributed by atoms with E-state index in [-0.39, 0.29) is 35.4 Å². The maximum atomic E-state index is 11.8. The van der Waals surface area contributed by atoms with E-state index in [2.05, 4.69) is 33.8 Å². The van der Waals surface area contributed by atoms with Gasteiger partial charge < -0.3 is 134 Å². The van der Waals surface area contributed by atoms with Crippen molar-refractivity contribution in [3.8, 4) is 0 Å². The van der Waals surface area contributed by atoms with Gasteiger partial charge in [-0.25, -0.2) is 0 Å². The van der Waals surface area contributed by atoms with Gasteiger partial charge in [0.2, 0.25) is 0 Å². The monoisotopic (exact) mass is 1230 g/mol. The molecule has 35 atom stereocenters. The molecule has 8 fully saturated rings. The van der Waals surface area contributed by atoms with Gasteiger partial charge in [-0.3, -0.25) is 0 Å². The molecule has 17 N–H and O–H groups in total. The molecular formula is C58H98O27. The zero-order valence-corrected chi connectivity index (χ0v) is 49.1. The molecule has 0 aromatic carbocycles. The molecule has 27 heteroatoms. The molecule has 5 heterocycles. The first-order valence-electron chi connectivity index (χ1n) is 30.8. The van der Waals surface area contributed by atoms with E-state index >= 15 is 0 Å². The van der Waals surface area contributed by atoms with Gasteiger partial charge in [-0.05, 0) is 104 Å². The minimum Gasteiger partial charge on any atom is -0.394 e. The van der Waals surface area contributed by atoms with Crippen LogP contribution in [0.2, 0.25) is 0 Å². The fraction of sp³-hybridized carbons (Fsp3) is 0.966. The Labute approximate surface area is 494 Å². The Morgan fingerprint density at radius 2 is 0.965 bits per heavy atom. The standard InChI is InChI=1S/C58H98O27/c1-23(6-7-24(2)29-10-11-30-28-9-8-26-16-27(12-14-57(26,4)31(28)13-15-58(29,30)5)78-53-47(73)42(68)38(64)33(18-60)80-53)25(3)21-76-56-51(44(70)40(66)36(83-56)22-77-52-46(72)41(67)37(63)32(17-59)79-52)85-55-49(75)45(71)50(35(20-62)82-55)84-54-48(74)43(69)39(65)34(19-61)81-54/h8,23-25,27-56,59-75H,6-7,9-22H2,1-5H3/t23-,24+,25?,27-,28-,29+,30-,31-,32+,33+,34+,35+,36+,37+,38+,39+,40+,41-,42-,43-,44-,45+,46+,47+,48+,49+,50+,51+,52+,53+,54-,55-,56+,57-,58+/m0/s1. The molecule has 5 aliphatic heterocycles. The van der Waals surface area contributed by atoms with Gasteiger partial charge in [-0.2, -0.15) is 0 Å². The van der Waals surface area contributed by atoms with Crippen molar-refractivity contribution in [1.82, 2.24) is 0 Å². The number of ether oxygens (including phenoxy) is 10. The van der Waals surface area contributed by atoms with E-state index < -0.39 is 187 Å². The minimum absolute atomic E-state index is 0.00431. The van der Waals surface area contributed by atoms with Gasteiger partial charge >= 0.3 is 0 Å². The van der Waals surface area contributed by atoms with Crippen LogP contribution in [0.15, 0.2) is 11.6 Å². The topological polar surface area (TPSA) is 436 Å². The molecule has 27 nitrogen and oxygen atoms in total. The Hall–Kier alpha value is -1.34. The second-order valence-corrected chi connectivity index (χ2v) is 26.7. The van der Waals surface area contributed by atoms with E-state index in [9.17, 15) is 86.8 Å². The summed E-state index contributed by atoms with van der Waals surface area (Å²) >= 11 is 0. The maximum Gasteiger partial charge on any atom is 0.187 e. The molecule has 0 amide bonds. The summed E-state index contributed by atoms with van der Waals surface area (Å²) in [4.78, 5) is 0. The molecule has 4 aliphatic carbocycles. The maximum absolute atomic E-state index is 11.8. The summed E-state index contributed by atoms with van der Waals surface area (Å²) in [5.74, 6) is 2.51. The second kappa shape index (κ2) is 28.3. The van der Waals surface area contributed by atoms with E-state index in [1.165, 1.54) is 5.57 Å². The van der Waals surface area contributed by atoms with Crippen molar-refractivity contribution in [2.45, 2.75) is 258 Å². The third-order valence-electron chi connectivity index (χ3n) is 21.7. The number of rotatable bonds is 21. The van der Waals surface area contributed by atoms with E-state index in [1.54, 1.807) is 0 Å². The summed E-state index contributed by atoms with van der Waals surface area (Å²) in [5, 5.41) is 180. The SMILES string of the molecule is CC(CO[C@@H]1O[C@H](CO[C@@H]2O[C@H](CO)[C@@H](O)[C@H](O)[C@H]2O)[C@@H](O)[C@H](O)[C@H]1O[C@@H]1O[C@H](CO)[C@@H](O[C@@H]2O[C@H](CO)[C@@H](O)[C@H](O)[C@H]2O)[C@H](O)[C@H]1O)[C@@H](C)CC[C@@H](C)[C@H]1CC[C@H]2[C@@H]3CC=C4C[C@@H](O[C@@H]5O[C@H](CO)[C@@H](O)[C@H](O)[C@H]5O)CC[C@]4(C)[C@H]3CC[C@]12C. The number of allylic oxidation sites excluding steroid dienone is 1. The van der Waals surface area contributed by atoms with Crippen molar-refractivity contribution in [3.63, 3.8) is 0 Å². The fourth-order valence-electron chi connectivity index (χ4n) is 16.1. The Bertz CT molecular complexity index is 2140. The molecule has 9 rings (SSSR count). The summed E-state index contributed by atoms with van der Waals surface area (Å²) in [6, 6.07) is 0. The number of aliphatic hydroxyl groups is 17. The molecule has 9 aliphatic rings. The summed E-state index contributed by atoms with van der Waals surface area (Å²) in [6.45, 7) is 7.88. The van der Waals surface area contributed by atoms with Crippen LogP contribution in [0.5, 0.6) is 0 Å². The molecule has 3 saturated carbocycles. The van der Waals surface area contributed by atoms with Crippen molar-refractivity contribution in [2.75, 3.05) is 39.6 Å². The molecule has 5 saturated heterocycles. The van der Waals surface area contributed by atoms with E-state index in [0.717, 1.165) is 57.8 Å². The Kier molecular flexibility index (Phi) is 22.6. The van der Waals surface area contributed by atoms with E-state index in [1.807, 2.05) is 6.92 Å². The molecule has 492 valence electrons. The zero-order valence-electron chi connectivity index (χ0n) is 49.1. The first-order chi connectivity index (χ1) is 40.3. The van der Waals surface area contributed by atoms with E-state index in [4.69, 9.17) is 47.4 Å². The van der Waals surface area contributed by atoms with Gasteiger partial charge in [0.25, 0.3) is 0 Å². The summed E-state index contributed by atoms with van der Waals surface area (Å²) in [7, 11) is 0. The summed E-state index contributed by atoms with van der Waals surface area (Å²) in [6.07, 6.45) is -29.1. The first-order valence-corrected chi connectivity index (χ1v) is 30.8. The number of fused-ring (bicyclic) bond motifs is 5. The van der Waals surface area contributed by atoms with Crippen LogP contribution in [-0.2, 0) is 47.4 Å². The zero-order chi connectivity index (χ0) is 61.7. The molecule has 0 radical (unpaired) electrons.